The Bertz CT molecular complexity index is 1240. The highest BCUT2D eigenvalue weighted by Gasteiger charge is 2.21. The number of rotatable bonds is 9. The Morgan fingerprint density at radius 3 is 1.97 bits per heavy atom. The van der Waals surface area contributed by atoms with Crippen LogP contribution in [0.5, 0.6) is 0 Å². The molecular weight excluding hydrogens is 410 g/mol. The van der Waals surface area contributed by atoms with Gasteiger partial charge < -0.3 is 4.74 Å². The number of hydrogen-bond acceptors (Lipinski definition) is 5. The lowest BCUT2D eigenvalue weighted by molar-refractivity contribution is 0.0244. The van der Waals surface area contributed by atoms with Crippen LogP contribution in [0.3, 0.4) is 0 Å². The van der Waals surface area contributed by atoms with Gasteiger partial charge in [0, 0.05) is 13.1 Å². The van der Waals surface area contributed by atoms with Gasteiger partial charge in [0.2, 0.25) is 0 Å². The van der Waals surface area contributed by atoms with Crippen molar-refractivity contribution in [2.75, 3.05) is 0 Å². The molecule has 0 radical (unpaired) electrons. The van der Waals surface area contributed by atoms with Crippen LogP contribution in [0.2, 0.25) is 0 Å². The van der Waals surface area contributed by atoms with Crippen LogP contribution in [0, 0.1) is 0 Å². The standard InChI is InChI=1S/C24H29N3O5/c1-4-14-25-22(29)26(15-5-2)24(31)27(23(25)30)16-18(6-3)32-21(28)20-13-9-11-17-10-7-8-12-19(17)20/h7-13,18H,4-6,14-16H2,1-3H3. The Morgan fingerprint density at radius 2 is 1.38 bits per heavy atom. The van der Waals surface area contributed by atoms with E-state index in [9.17, 15) is 19.2 Å². The molecule has 0 N–H and O–H groups in total. The van der Waals surface area contributed by atoms with E-state index in [4.69, 9.17) is 4.74 Å². The van der Waals surface area contributed by atoms with Crippen LogP contribution in [-0.2, 0) is 24.4 Å². The van der Waals surface area contributed by atoms with E-state index >= 15 is 0 Å². The van der Waals surface area contributed by atoms with E-state index in [-0.39, 0.29) is 19.6 Å². The van der Waals surface area contributed by atoms with E-state index < -0.39 is 29.1 Å². The van der Waals surface area contributed by atoms with Crippen molar-refractivity contribution >= 4 is 16.7 Å². The lowest BCUT2D eigenvalue weighted by atomic mass is 10.0. The second-order valence-electron chi connectivity index (χ2n) is 7.72. The molecule has 0 spiro atoms. The summed E-state index contributed by atoms with van der Waals surface area (Å²) in [6.07, 6.45) is 0.859. The fraction of sp³-hybridized carbons (Fsp3) is 0.417. The third-order valence-electron chi connectivity index (χ3n) is 5.40. The summed E-state index contributed by atoms with van der Waals surface area (Å²) in [5, 5.41) is 1.69. The molecule has 0 fully saturated rings. The maximum atomic E-state index is 12.9. The number of benzene rings is 2. The quantitative estimate of drug-likeness (QED) is 0.478. The van der Waals surface area contributed by atoms with Gasteiger partial charge in [0.15, 0.2) is 0 Å². The molecule has 0 aliphatic heterocycles. The normalized spacial score (nSPS) is 12.1. The number of ether oxygens (including phenoxy) is 1. The van der Waals surface area contributed by atoms with Crippen molar-refractivity contribution in [1.29, 1.82) is 0 Å². The molecule has 3 rings (SSSR count). The first-order valence-electron chi connectivity index (χ1n) is 11.1. The van der Waals surface area contributed by atoms with Gasteiger partial charge >= 0.3 is 23.0 Å². The Labute approximate surface area is 185 Å². The van der Waals surface area contributed by atoms with Crippen LogP contribution < -0.4 is 17.1 Å². The van der Waals surface area contributed by atoms with Gasteiger partial charge in [0.05, 0.1) is 12.1 Å². The summed E-state index contributed by atoms with van der Waals surface area (Å²) < 4.78 is 8.87. The highest BCUT2D eigenvalue weighted by molar-refractivity contribution is 6.04. The second kappa shape index (κ2) is 10.3. The van der Waals surface area contributed by atoms with Crippen LogP contribution in [0.4, 0.5) is 0 Å². The summed E-state index contributed by atoms with van der Waals surface area (Å²) in [6, 6.07) is 12.9. The molecule has 1 aromatic heterocycles. The molecule has 8 nitrogen and oxygen atoms in total. The fourth-order valence-electron chi connectivity index (χ4n) is 3.74. The summed E-state index contributed by atoms with van der Waals surface area (Å²) in [5.41, 5.74) is -1.52. The Morgan fingerprint density at radius 1 is 0.812 bits per heavy atom. The molecule has 32 heavy (non-hydrogen) atoms. The van der Waals surface area contributed by atoms with Crippen LogP contribution in [-0.4, -0.2) is 25.8 Å². The summed E-state index contributed by atoms with van der Waals surface area (Å²) in [4.78, 5) is 51.4. The average Bonchev–Trinajstić information content (AvgIpc) is 2.81. The SMILES string of the molecule is CCCn1c(=O)n(CCC)c(=O)n(CC(CC)OC(=O)c2cccc3ccccc23)c1=O. The first-order valence-corrected chi connectivity index (χ1v) is 11.1. The van der Waals surface area contributed by atoms with Gasteiger partial charge in [-0.1, -0.05) is 57.2 Å². The highest BCUT2D eigenvalue weighted by Crippen LogP contribution is 2.20. The van der Waals surface area contributed by atoms with Crippen molar-refractivity contribution < 1.29 is 9.53 Å². The third-order valence-corrected chi connectivity index (χ3v) is 5.40. The van der Waals surface area contributed by atoms with E-state index in [1.165, 1.54) is 0 Å². The smallest absolute Gasteiger partial charge is 0.339 e. The molecule has 0 aliphatic rings. The predicted octanol–water partition coefficient (Wildman–Crippen LogP) is 2.78. The Hall–Kier alpha value is -3.42. The van der Waals surface area contributed by atoms with Gasteiger partial charge in [0.25, 0.3) is 0 Å². The average molecular weight is 440 g/mol. The van der Waals surface area contributed by atoms with E-state index in [1.54, 1.807) is 12.1 Å². The van der Waals surface area contributed by atoms with Gasteiger partial charge in [-0.2, -0.15) is 0 Å². The van der Waals surface area contributed by atoms with Gasteiger partial charge in [-0.25, -0.2) is 32.9 Å². The van der Waals surface area contributed by atoms with Gasteiger partial charge in [-0.3, -0.25) is 0 Å². The number of fused-ring (bicyclic) bond motifs is 1. The Balaban J connectivity index is 1.96. The molecule has 1 unspecified atom stereocenters. The van der Waals surface area contributed by atoms with Crippen LogP contribution in [0.25, 0.3) is 10.8 Å². The van der Waals surface area contributed by atoms with Gasteiger partial charge in [0.1, 0.15) is 6.10 Å². The molecule has 8 heteroatoms. The number of hydrogen-bond donors (Lipinski definition) is 0. The van der Waals surface area contributed by atoms with Crippen molar-refractivity contribution in [1.82, 2.24) is 13.7 Å². The van der Waals surface area contributed by atoms with E-state index in [1.807, 2.05) is 51.1 Å². The van der Waals surface area contributed by atoms with E-state index in [0.29, 0.717) is 24.8 Å². The monoisotopic (exact) mass is 439 g/mol. The lowest BCUT2D eigenvalue weighted by Gasteiger charge is -2.19. The minimum atomic E-state index is -0.700. The first-order chi connectivity index (χ1) is 15.4. The van der Waals surface area contributed by atoms with E-state index in [0.717, 1.165) is 24.5 Å². The zero-order valence-electron chi connectivity index (χ0n) is 18.7. The van der Waals surface area contributed by atoms with Crippen molar-refractivity contribution in [3.63, 3.8) is 0 Å². The number of nitrogens with zero attached hydrogens (tertiary/aromatic N) is 3. The van der Waals surface area contributed by atoms with Crippen LogP contribution >= 0.6 is 0 Å². The molecule has 0 amide bonds. The summed E-state index contributed by atoms with van der Waals surface area (Å²) in [7, 11) is 0. The third kappa shape index (κ3) is 4.59. The second-order valence-corrected chi connectivity index (χ2v) is 7.72. The zero-order valence-corrected chi connectivity index (χ0v) is 18.7. The molecule has 0 aliphatic carbocycles. The van der Waals surface area contributed by atoms with Gasteiger partial charge in [-0.05, 0) is 36.1 Å². The summed E-state index contributed by atoms with van der Waals surface area (Å²) in [6.45, 7) is 5.85. The first kappa shape index (κ1) is 23.2. The molecular formula is C24H29N3O5. The maximum absolute atomic E-state index is 12.9. The largest absolute Gasteiger partial charge is 0.457 e. The molecule has 0 bridgehead atoms. The molecule has 170 valence electrons. The number of carbonyl (C=O) groups excluding carboxylic acids is 1. The molecule has 0 saturated carbocycles. The molecule has 1 heterocycles. The van der Waals surface area contributed by atoms with Gasteiger partial charge in [-0.15, -0.1) is 0 Å². The molecule has 0 saturated heterocycles. The summed E-state index contributed by atoms with van der Waals surface area (Å²) in [5.74, 6) is -0.516. The number of esters is 1. The minimum Gasteiger partial charge on any atom is -0.457 e. The highest BCUT2D eigenvalue weighted by atomic mass is 16.5. The molecule has 1 atom stereocenters. The van der Waals surface area contributed by atoms with Crippen molar-refractivity contribution in [3.05, 3.63) is 79.5 Å². The topological polar surface area (TPSA) is 92.3 Å². The zero-order chi connectivity index (χ0) is 23.3. The van der Waals surface area contributed by atoms with Crippen LogP contribution in [0.15, 0.2) is 56.8 Å². The van der Waals surface area contributed by atoms with E-state index in [2.05, 4.69) is 0 Å². The number of carbonyl (C=O) groups is 1. The summed E-state index contributed by atoms with van der Waals surface area (Å²) >= 11 is 0. The van der Waals surface area contributed by atoms with Crippen molar-refractivity contribution in [2.45, 2.75) is 65.8 Å². The Kier molecular flexibility index (Phi) is 7.45. The van der Waals surface area contributed by atoms with Crippen molar-refractivity contribution in [3.8, 4) is 0 Å². The van der Waals surface area contributed by atoms with Crippen molar-refractivity contribution in [2.24, 2.45) is 0 Å². The fourth-order valence-corrected chi connectivity index (χ4v) is 3.74. The molecule has 3 aromatic rings. The molecule has 2 aromatic carbocycles. The minimum absolute atomic E-state index is 0.113. The van der Waals surface area contributed by atoms with Crippen LogP contribution in [0.1, 0.15) is 50.4 Å². The number of aromatic nitrogens is 3. The maximum Gasteiger partial charge on any atom is 0.339 e. The lowest BCUT2D eigenvalue weighted by Crippen LogP contribution is -2.55. The predicted molar refractivity (Wildman–Crippen MR) is 123 cm³/mol.